The maximum Gasteiger partial charge on any atom is 0.272 e. The lowest BCUT2D eigenvalue weighted by Gasteiger charge is -2.24. The number of likely N-dealkylation sites (tertiary alicyclic amines) is 1. The molecule has 1 aromatic carbocycles. The molecule has 2 unspecified atom stereocenters. The van der Waals surface area contributed by atoms with Crippen LogP contribution in [-0.2, 0) is 9.63 Å². The van der Waals surface area contributed by atoms with Crippen LogP contribution in [0.3, 0.4) is 0 Å². The Morgan fingerprint density at radius 2 is 1.88 bits per heavy atom. The number of pyridine rings is 1. The summed E-state index contributed by atoms with van der Waals surface area (Å²) in [5, 5.41) is 4.08. The zero-order chi connectivity index (χ0) is 16.4. The van der Waals surface area contributed by atoms with Crippen LogP contribution in [0, 0.1) is 0 Å². The van der Waals surface area contributed by atoms with E-state index < -0.39 is 0 Å². The second-order valence-corrected chi connectivity index (χ2v) is 6.18. The first-order valence-corrected chi connectivity index (χ1v) is 8.31. The maximum atomic E-state index is 12.9. The fourth-order valence-electron chi connectivity index (χ4n) is 3.46. The fraction of sp³-hybridized carbons (Fsp3) is 0.316. The summed E-state index contributed by atoms with van der Waals surface area (Å²) in [6, 6.07) is 14.0. The molecule has 0 radical (unpaired) electrons. The molecule has 1 fully saturated rings. The van der Waals surface area contributed by atoms with Gasteiger partial charge in [0.1, 0.15) is 5.71 Å². The van der Waals surface area contributed by atoms with E-state index in [9.17, 15) is 4.79 Å². The third-order valence-electron chi connectivity index (χ3n) is 4.69. The van der Waals surface area contributed by atoms with Gasteiger partial charge in [-0.3, -0.25) is 9.78 Å². The smallest absolute Gasteiger partial charge is 0.272 e. The van der Waals surface area contributed by atoms with Crippen LogP contribution in [0.4, 0.5) is 0 Å². The van der Waals surface area contributed by atoms with Gasteiger partial charge >= 0.3 is 0 Å². The van der Waals surface area contributed by atoms with Gasteiger partial charge in [0.05, 0.1) is 6.04 Å². The summed E-state index contributed by atoms with van der Waals surface area (Å²) in [7, 11) is 0. The molecule has 1 amide bonds. The molecule has 24 heavy (non-hydrogen) atoms. The predicted octanol–water partition coefficient (Wildman–Crippen LogP) is 3.26. The second kappa shape index (κ2) is 6.43. The Hall–Kier alpha value is -2.69. The summed E-state index contributed by atoms with van der Waals surface area (Å²) in [5.41, 5.74) is 2.70. The molecule has 2 aromatic rings. The average molecular weight is 321 g/mol. The maximum absolute atomic E-state index is 12.9. The van der Waals surface area contributed by atoms with E-state index in [1.807, 2.05) is 47.4 Å². The van der Waals surface area contributed by atoms with Crippen molar-refractivity contribution >= 4 is 11.6 Å². The van der Waals surface area contributed by atoms with Gasteiger partial charge in [-0.15, -0.1) is 0 Å². The SMILES string of the molecule is O=C(C1=NOC(c2ccccc2)C1)N1CCCC1c1ccncc1. The largest absolute Gasteiger partial charge is 0.387 e. The minimum absolute atomic E-state index is 0.00672. The topological polar surface area (TPSA) is 54.8 Å². The third-order valence-corrected chi connectivity index (χ3v) is 4.69. The Bertz CT molecular complexity index is 746. The van der Waals surface area contributed by atoms with Crippen LogP contribution in [0.5, 0.6) is 0 Å². The summed E-state index contributed by atoms with van der Waals surface area (Å²) in [6.45, 7) is 0.765. The summed E-state index contributed by atoms with van der Waals surface area (Å²) < 4.78 is 0. The predicted molar refractivity (Wildman–Crippen MR) is 90.2 cm³/mol. The Balaban J connectivity index is 1.48. The number of aromatic nitrogens is 1. The van der Waals surface area contributed by atoms with Crippen molar-refractivity contribution in [3.8, 4) is 0 Å². The van der Waals surface area contributed by atoms with Gasteiger partial charge in [-0.05, 0) is 36.1 Å². The van der Waals surface area contributed by atoms with E-state index in [2.05, 4.69) is 10.1 Å². The molecule has 0 spiro atoms. The van der Waals surface area contributed by atoms with E-state index in [0.717, 1.165) is 30.5 Å². The van der Waals surface area contributed by atoms with Crippen molar-refractivity contribution in [1.82, 2.24) is 9.88 Å². The molecular weight excluding hydrogens is 302 g/mol. The Morgan fingerprint density at radius 1 is 1.08 bits per heavy atom. The average Bonchev–Trinajstić information content (AvgIpc) is 3.32. The molecule has 1 aromatic heterocycles. The second-order valence-electron chi connectivity index (χ2n) is 6.18. The molecule has 4 rings (SSSR count). The first-order chi connectivity index (χ1) is 11.8. The zero-order valence-corrected chi connectivity index (χ0v) is 13.3. The van der Waals surface area contributed by atoms with Crippen LogP contribution in [0.25, 0.3) is 0 Å². The van der Waals surface area contributed by atoms with E-state index in [-0.39, 0.29) is 18.1 Å². The van der Waals surface area contributed by atoms with Gasteiger partial charge in [0.25, 0.3) is 5.91 Å². The number of carbonyl (C=O) groups is 1. The molecule has 5 heteroatoms. The Labute approximate surface area is 141 Å². The van der Waals surface area contributed by atoms with Gasteiger partial charge in [0.15, 0.2) is 6.10 Å². The molecule has 2 aliphatic rings. The van der Waals surface area contributed by atoms with Gasteiger partial charge in [0.2, 0.25) is 0 Å². The van der Waals surface area contributed by atoms with Crippen LogP contribution in [-0.4, -0.2) is 28.0 Å². The number of nitrogens with zero attached hydrogens (tertiary/aromatic N) is 3. The quantitative estimate of drug-likeness (QED) is 0.872. The summed E-state index contributed by atoms with van der Waals surface area (Å²) in [5.74, 6) is -0.00672. The summed E-state index contributed by atoms with van der Waals surface area (Å²) >= 11 is 0. The number of hydrogen-bond donors (Lipinski definition) is 0. The number of benzene rings is 1. The van der Waals surface area contributed by atoms with E-state index >= 15 is 0 Å². The lowest BCUT2D eigenvalue weighted by molar-refractivity contribution is -0.125. The van der Waals surface area contributed by atoms with Crippen molar-refractivity contribution in [2.75, 3.05) is 6.54 Å². The fourth-order valence-corrected chi connectivity index (χ4v) is 3.46. The van der Waals surface area contributed by atoms with Crippen LogP contribution >= 0.6 is 0 Å². The van der Waals surface area contributed by atoms with Gasteiger partial charge < -0.3 is 9.74 Å². The van der Waals surface area contributed by atoms with E-state index in [1.54, 1.807) is 12.4 Å². The molecule has 0 bridgehead atoms. The molecule has 5 nitrogen and oxygen atoms in total. The van der Waals surface area contributed by atoms with Gasteiger partial charge in [0, 0.05) is 25.4 Å². The minimum atomic E-state index is -0.160. The Kier molecular flexibility index (Phi) is 3.99. The van der Waals surface area contributed by atoms with Crippen LogP contribution in [0.1, 0.15) is 42.5 Å². The summed E-state index contributed by atoms with van der Waals surface area (Å²) in [4.78, 5) is 24.4. The molecule has 122 valence electrons. The van der Waals surface area contributed by atoms with Crippen molar-refractivity contribution in [2.24, 2.45) is 5.16 Å². The molecule has 1 saturated heterocycles. The highest BCUT2D eigenvalue weighted by atomic mass is 16.6. The molecule has 2 aliphatic heterocycles. The van der Waals surface area contributed by atoms with Gasteiger partial charge in [-0.1, -0.05) is 35.5 Å². The van der Waals surface area contributed by atoms with E-state index in [4.69, 9.17) is 4.84 Å². The molecule has 2 atom stereocenters. The highest BCUT2D eigenvalue weighted by molar-refractivity contribution is 6.39. The highest BCUT2D eigenvalue weighted by Gasteiger charge is 2.36. The third kappa shape index (κ3) is 2.77. The standard InChI is InChI=1S/C19H19N3O2/c23-19(16-13-18(24-21-16)15-5-2-1-3-6-15)22-12-4-7-17(22)14-8-10-20-11-9-14/h1-3,5-6,8-11,17-18H,4,7,12-13H2. The normalized spacial score (nSPS) is 23.0. The molecular formula is C19H19N3O2. The van der Waals surface area contributed by atoms with Crippen LogP contribution in [0.2, 0.25) is 0 Å². The van der Waals surface area contributed by atoms with Crippen LogP contribution < -0.4 is 0 Å². The number of rotatable bonds is 3. The number of amides is 1. The highest BCUT2D eigenvalue weighted by Crippen LogP contribution is 2.34. The van der Waals surface area contributed by atoms with Crippen molar-refractivity contribution < 1.29 is 9.63 Å². The first-order valence-electron chi connectivity index (χ1n) is 8.31. The van der Waals surface area contributed by atoms with Gasteiger partial charge in [-0.2, -0.15) is 0 Å². The van der Waals surface area contributed by atoms with E-state index in [1.165, 1.54) is 0 Å². The molecule has 0 aliphatic carbocycles. The zero-order valence-electron chi connectivity index (χ0n) is 13.3. The monoisotopic (exact) mass is 321 g/mol. The van der Waals surface area contributed by atoms with Crippen molar-refractivity contribution in [1.29, 1.82) is 0 Å². The number of hydrogen-bond acceptors (Lipinski definition) is 4. The van der Waals surface area contributed by atoms with Crippen molar-refractivity contribution in [2.45, 2.75) is 31.4 Å². The lowest BCUT2D eigenvalue weighted by atomic mass is 10.0. The van der Waals surface area contributed by atoms with Crippen molar-refractivity contribution in [3.63, 3.8) is 0 Å². The number of oxime groups is 1. The molecule has 3 heterocycles. The minimum Gasteiger partial charge on any atom is -0.387 e. The van der Waals surface area contributed by atoms with E-state index in [0.29, 0.717) is 12.1 Å². The summed E-state index contributed by atoms with van der Waals surface area (Å²) in [6.07, 6.45) is 5.91. The molecule has 0 saturated carbocycles. The Morgan fingerprint density at radius 3 is 2.67 bits per heavy atom. The number of carbonyl (C=O) groups excluding carboxylic acids is 1. The van der Waals surface area contributed by atoms with Crippen LogP contribution in [0.15, 0.2) is 60.0 Å². The van der Waals surface area contributed by atoms with Crippen molar-refractivity contribution in [3.05, 3.63) is 66.0 Å². The van der Waals surface area contributed by atoms with Gasteiger partial charge in [-0.25, -0.2) is 0 Å². The molecule has 0 N–H and O–H groups in total. The lowest BCUT2D eigenvalue weighted by Crippen LogP contribution is -2.35. The first kappa shape index (κ1) is 14.9.